The lowest BCUT2D eigenvalue weighted by atomic mass is 10.1. The third kappa shape index (κ3) is 4.38. The largest absolute Gasteiger partial charge is 0.367 e. The zero-order valence-electron chi connectivity index (χ0n) is 12.4. The van der Waals surface area contributed by atoms with Gasteiger partial charge >= 0.3 is 0 Å². The first kappa shape index (κ1) is 16.6. The molecule has 0 radical (unpaired) electrons. The zero-order chi connectivity index (χ0) is 15.9. The van der Waals surface area contributed by atoms with E-state index < -0.39 is 6.10 Å². The molecule has 0 aliphatic heterocycles. The Morgan fingerprint density at radius 1 is 1.18 bits per heavy atom. The quantitative estimate of drug-likeness (QED) is 0.468. The SMILES string of the molecule is CO[C@@H](C(=O)N/N=C(/C)c1cccc(I)c1)c1ccccc1. The van der Waals surface area contributed by atoms with Gasteiger partial charge in [-0.3, -0.25) is 4.79 Å². The molecule has 2 aromatic rings. The monoisotopic (exact) mass is 408 g/mol. The molecule has 22 heavy (non-hydrogen) atoms. The number of halogens is 1. The molecular weight excluding hydrogens is 391 g/mol. The van der Waals surface area contributed by atoms with Crippen LogP contribution < -0.4 is 5.43 Å². The van der Waals surface area contributed by atoms with Gasteiger partial charge in [-0.2, -0.15) is 5.10 Å². The van der Waals surface area contributed by atoms with Crippen molar-refractivity contribution in [1.82, 2.24) is 5.43 Å². The maximum absolute atomic E-state index is 12.2. The van der Waals surface area contributed by atoms with Crippen LogP contribution in [0, 0.1) is 3.57 Å². The predicted molar refractivity (Wildman–Crippen MR) is 95.7 cm³/mol. The molecular formula is C17H17IN2O2. The van der Waals surface area contributed by atoms with E-state index in [1.807, 2.05) is 61.5 Å². The number of amides is 1. The lowest BCUT2D eigenvalue weighted by Crippen LogP contribution is -2.27. The van der Waals surface area contributed by atoms with Crippen LogP contribution in [0.15, 0.2) is 59.7 Å². The van der Waals surface area contributed by atoms with Crippen molar-refractivity contribution in [2.45, 2.75) is 13.0 Å². The number of hydrogen-bond acceptors (Lipinski definition) is 3. The molecule has 2 rings (SSSR count). The number of ether oxygens (including phenoxy) is 1. The second kappa shape index (κ2) is 8.05. The van der Waals surface area contributed by atoms with Crippen molar-refractivity contribution in [3.8, 4) is 0 Å². The van der Waals surface area contributed by atoms with Crippen molar-refractivity contribution in [3.05, 3.63) is 69.3 Å². The van der Waals surface area contributed by atoms with E-state index in [-0.39, 0.29) is 5.91 Å². The van der Waals surface area contributed by atoms with Crippen LogP contribution in [0.25, 0.3) is 0 Å². The van der Waals surface area contributed by atoms with Gasteiger partial charge in [0.15, 0.2) is 6.10 Å². The highest BCUT2D eigenvalue weighted by Crippen LogP contribution is 2.16. The number of rotatable bonds is 5. The van der Waals surface area contributed by atoms with Gasteiger partial charge in [0.1, 0.15) is 0 Å². The van der Waals surface area contributed by atoms with E-state index >= 15 is 0 Å². The standard InChI is InChI=1S/C17H17IN2O2/c1-12(14-9-6-10-15(18)11-14)19-20-17(21)16(22-2)13-7-4-3-5-8-13/h3-11,16H,1-2H3,(H,20,21)/b19-12-/t16-/m1/s1. The molecule has 1 atom stereocenters. The lowest BCUT2D eigenvalue weighted by Gasteiger charge is -2.14. The van der Waals surface area contributed by atoms with Crippen LogP contribution in [0.1, 0.15) is 24.2 Å². The van der Waals surface area contributed by atoms with E-state index in [0.717, 1.165) is 20.4 Å². The smallest absolute Gasteiger partial charge is 0.273 e. The third-order valence-electron chi connectivity index (χ3n) is 3.15. The number of carbonyl (C=O) groups is 1. The Kier molecular flexibility index (Phi) is 6.09. The van der Waals surface area contributed by atoms with Crippen LogP contribution in [0.3, 0.4) is 0 Å². The summed E-state index contributed by atoms with van der Waals surface area (Å²) in [5.74, 6) is -0.293. The molecule has 1 N–H and O–H groups in total. The van der Waals surface area contributed by atoms with Crippen molar-refractivity contribution in [2.24, 2.45) is 5.10 Å². The lowest BCUT2D eigenvalue weighted by molar-refractivity contribution is -0.131. The summed E-state index contributed by atoms with van der Waals surface area (Å²) in [5.41, 5.74) is 5.09. The van der Waals surface area contributed by atoms with Gasteiger partial charge in [-0.1, -0.05) is 42.5 Å². The Bertz CT molecular complexity index is 671. The molecule has 0 saturated heterocycles. The van der Waals surface area contributed by atoms with E-state index in [4.69, 9.17) is 4.74 Å². The van der Waals surface area contributed by atoms with Gasteiger partial charge in [0.25, 0.3) is 5.91 Å². The first-order chi connectivity index (χ1) is 10.6. The number of methoxy groups -OCH3 is 1. The predicted octanol–water partition coefficient (Wildman–Crippen LogP) is 3.52. The summed E-state index contributed by atoms with van der Waals surface area (Å²) >= 11 is 2.24. The molecule has 0 unspecified atom stereocenters. The van der Waals surface area contributed by atoms with Gasteiger partial charge in [-0.15, -0.1) is 0 Å². The van der Waals surface area contributed by atoms with Crippen LogP contribution in [0.2, 0.25) is 0 Å². The summed E-state index contributed by atoms with van der Waals surface area (Å²) in [6.45, 7) is 1.86. The fraction of sp³-hybridized carbons (Fsp3) is 0.176. The molecule has 0 bridgehead atoms. The van der Waals surface area contributed by atoms with Crippen molar-refractivity contribution in [3.63, 3.8) is 0 Å². The van der Waals surface area contributed by atoms with Crippen molar-refractivity contribution in [1.29, 1.82) is 0 Å². The third-order valence-corrected chi connectivity index (χ3v) is 3.82. The Morgan fingerprint density at radius 2 is 1.91 bits per heavy atom. The second-order valence-electron chi connectivity index (χ2n) is 4.71. The summed E-state index contributed by atoms with van der Waals surface area (Å²) in [5, 5.41) is 4.16. The van der Waals surface area contributed by atoms with Gasteiger partial charge in [0.2, 0.25) is 0 Å². The maximum atomic E-state index is 12.2. The average molecular weight is 408 g/mol. The molecule has 0 spiro atoms. The Labute approximate surface area is 143 Å². The fourth-order valence-electron chi connectivity index (χ4n) is 2.00. The minimum Gasteiger partial charge on any atom is -0.367 e. The number of hydrazone groups is 1. The molecule has 0 heterocycles. The van der Waals surface area contributed by atoms with Gasteiger partial charge < -0.3 is 4.74 Å². The molecule has 5 heteroatoms. The molecule has 114 valence electrons. The highest BCUT2D eigenvalue weighted by molar-refractivity contribution is 14.1. The zero-order valence-corrected chi connectivity index (χ0v) is 14.6. The topological polar surface area (TPSA) is 50.7 Å². The first-order valence-electron chi connectivity index (χ1n) is 6.79. The average Bonchev–Trinajstić information content (AvgIpc) is 2.54. The summed E-state index contributed by atoms with van der Waals surface area (Å²) in [7, 11) is 1.51. The number of nitrogens with zero attached hydrogens (tertiary/aromatic N) is 1. The Balaban J connectivity index is 2.09. The van der Waals surface area contributed by atoms with Crippen LogP contribution >= 0.6 is 22.6 Å². The highest BCUT2D eigenvalue weighted by atomic mass is 127. The molecule has 0 saturated carbocycles. The molecule has 1 amide bonds. The summed E-state index contributed by atoms with van der Waals surface area (Å²) in [6, 6.07) is 17.3. The summed E-state index contributed by atoms with van der Waals surface area (Å²) < 4.78 is 6.39. The highest BCUT2D eigenvalue weighted by Gasteiger charge is 2.19. The molecule has 0 fully saturated rings. The molecule has 0 aliphatic rings. The maximum Gasteiger partial charge on any atom is 0.273 e. The van der Waals surface area contributed by atoms with E-state index in [1.54, 1.807) is 0 Å². The van der Waals surface area contributed by atoms with Gasteiger partial charge in [-0.25, -0.2) is 5.43 Å². The first-order valence-corrected chi connectivity index (χ1v) is 7.87. The van der Waals surface area contributed by atoms with Crippen LogP contribution in [0.4, 0.5) is 0 Å². The Hall–Kier alpha value is -1.73. The molecule has 2 aromatic carbocycles. The van der Waals surface area contributed by atoms with Gasteiger partial charge in [-0.05, 0) is 52.8 Å². The van der Waals surface area contributed by atoms with Crippen molar-refractivity contribution >= 4 is 34.2 Å². The van der Waals surface area contributed by atoms with Gasteiger partial charge in [0.05, 0.1) is 5.71 Å². The van der Waals surface area contributed by atoms with Gasteiger partial charge in [0, 0.05) is 10.7 Å². The number of nitrogens with one attached hydrogen (secondary N) is 1. The minimum absolute atomic E-state index is 0.293. The molecule has 4 nitrogen and oxygen atoms in total. The second-order valence-corrected chi connectivity index (χ2v) is 5.96. The number of benzene rings is 2. The Morgan fingerprint density at radius 3 is 2.55 bits per heavy atom. The van der Waals surface area contributed by atoms with Crippen LogP contribution in [0.5, 0.6) is 0 Å². The minimum atomic E-state index is -0.673. The summed E-state index contributed by atoms with van der Waals surface area (Å²) in [6.07, 6.45) is -0.673. The van der Waals surface area contributed by atoms with Crippen LogP contribution in [-0.2, 0) is 9.53 Å². The van der Waals surface area contributed by atoms with Crippen molar-refractivity contribution in [2.75, 3.05) is 7.11 Å². The van der Waals surface area contributed by atoms with E-state index in [2.05, 4.69) is 33.1 Å². The normalized spacial score (nSPS) is 12.8. The molecule has 0 aliphatic carbocycles. The number of carbonyl (C=O) groups excluding carboxylic acids is 1. The fourth-order valence-corrected chi connectivity index (χ4v) is 2.54. The molecule has 0 aromatic heterocycles. The summed E-state index contributed by atoms with van der Waals surface area (Å²) in [4.78, 5) is 12.2. The van der Waals surface area contributed by atoms with Crippen LogP contribution in [-0.4, -0.2) is 18.7 Å². The van der Waals surface area contributed by atoms with E-state index in [9.17, 15) is 4.79 Å². The number of hydrogen-bond donors (Lipinski definition) is 1. The van der Waals surface area contributed by atoms with E-state index in [0.29, 0.717) is 0 Å². The van der Waals surface area contributed by atoms with E-state index in [1.165, 1.54) is 7.11 Å². The van der Waals surface area contributed by atoms with Crippen molar-refractivity contribution < 1.29 is 9.53 Å².